The van der Waals surface area contributed by atoms with Gasteiger partial charge in [0, 0.05) is 44.0 Å². The summed E-state index contributed by atoms with van der Waals surface area (Å²) in [5.41, 5.74) is 0.349. The molecular formula is C18H20F2N4O. The van der Waals surface area contributed by atoms with Crippen molar-refractivity contribution in [1.29, 1.82) is 0 Å². The molecule has 1 amide bonds. The van der Waals surface area contributed by atoms with Crippen molar-refractivity contribution in [3.05, 3.63) is 54.0 Å². The van der Waals surface area contributed by atoms with E-state index in [1.54, 1.807) is 18.6 Å². The zero-order valence-corrected chi connectivity index (χ0v) is 13.8. The van der Waals surface area contributed by atoms with Crippen molar-refractivity contribution in [1.82, 2.24) is 15.3 Å². The average Bonchev–Trinajstić information content (AvgIpc) is 2.62. The lowest BCUT2D eigenvalue weighted by Gasteiger charge is -2.33. The zero-order valence-electron chi connectivity index (χ0n) is 13.8. The molecule has 1 aliphatic heterocycles. The Morgan fingerprint density at radius 1 is 1.32 bits per heavy atom. The SMILES string of the molecule is O=C(CCc1ccc(F)cc1F)NC1CCCN(c2cnccn2)C1. The number of carbonyl (C=O) groups excluding carboxylic acids is 1. The fourth-order valence-electron chi connectivity index (χ4n) is 3.03. The van der Waals surface area contributed by atoms with Gasteiger partial charge >= 0.3 is 0 Å². The van der Waals surface area contributed by atoms with Crippen LogP contribution in [0.1, 0.15) is 24.8 Å². The maximum atomic E-state index is 13.6. The van der Waals surface area contributed by atoms with Crippen LogP contribution in [-0.2, 0) is 11.2 Å². The highest BCUT2D eigenvalue weighted by atomic mass is 19.1. The van der Waals surface area contributed by atoms with Gasteiger partial charge in [-0.15, -0.1) is 0 Å². The molecule has 1 aromatic carbocycles. The summed E-state index contributed by atoms with van der Waals surface area (Å²) in [6.45, 7) is 1.56. The largest absolute Gasteiger partial charge is 0.353 e. The van der Waals surface area contributed by atoms with E-state index in [-0.39, 0.29) is 24.8 Å². The second kappa shape index (κ2) is 8.00. The van der Waals surface area contributed by atoms with Gasteiger partial charge < -0.3 is 10.2 Å². The maximum absolute atomic E-state index is 13.6. The van der Waals surface area contributed by atoms with E-state index in [0.29, 0.717) is 12.1 Å². The summed E-state index contributed by atoms with van der Waals surface area (Å²) in [6, 6.07) is 3.46. The molecule has 1 aromatic heterocycles. The molecule has 0 radical (unpaired) electrons. The van der Waals surface area contributed by atoms with Gasteiger partial charge in [-0.2, -0.15) is 0 Å². The molecule has 0 saturated carbocycles. The van der Waals surface area contributed by atoms with Gasteiger partial charge in [0.1, 0.15) is 17.5 Å². The van der Waals surface area contributed by atoms with Crippen molar-refractivity contribution in [2.75, 3.05) is 18.0 Å². The van der Waals surface area contributed by atoms with E-state index in [9.17, 15) is 13.6 Å². The third kappa shape index (κ3) is 4.71. The first-order valence-corrected chi connectivity index (χ1v) is 8.36. The lowest BCUT2D eigenvalue weighted by molar-refractivity contribution is -0.121. The Kier molecular flexibility index (Phi) is 5.53. The van der Waals surface area contributed by atoms with Crippen LogP contribution in [0, 0.1) is 11.6 Å². The Morgan fingerprint density at radius 3 is 2.96 bits per heavy atom. The third-order valence-corrected chi connectivity index (χ3v) is 4.30. The number of anilines is 1. The number of carbonyl (C=O) groups is 1. The fourth-order valence-corrected chi connectivity index (χ4v) is 3.03. The van der Waals surface area contributed by atoms with Crippen LogP contribution in [0.15, 0.2) is 36.8 Å². The highest BCUT2D eigenvalue weighted by molar-refractivity contribution is 5.76. The molecule has 0 aliphatic carbocycles. The number of aryl methyl sites for hydroxylation is 1. The molecule has 0 spiro atoms. The second-order valence-corrected chi connectivity index (χ2v) is 6.15. The number of halogens is 2. The fraction of sp³-hybridized carbons (Fsp3) is 0.389. The summed E-state index contributed by atoms with van der Waals surface area (Å²) in [5.74, 6) is -0.555. The number of benzene rings is 1. The Morgan fingerprint density at radius 2 is 2.20 bits per heavy atom. The van der Waals surface area contributed by atoms with Crippen molar-refractivity contribution in [3.63, 3.8) is 0 Å². The topological polar surface area (TPSA) is 58.1 Å². The van der Waals surface area contributed by atoms with Gasteiger partial charge in [0.15, 0.2) is 0 Å². The minimum absolute atomic E-state index is 0.0290. The number of rotatable bonds is 5. The first-order valence-electron chi connectivity index (χ1n) is 8.36. The predicted molar refractivity (Wildman–Crippen MR) is 90.1 cm³/mol. The molecule has 5 nitrogen and oxygen atoms in total. The summed E-state index contributed by atoms with van der Waals surface area (Å²) in [6.07, 6.45) is 7.25. The van der Waals surface area contributed by atoms with Crippen LogP contribution in [0.5, 0.6) is 0 Å². The second-order valence-electron chi connectivity index (χ2n) is 6.15. The molecule has 1 aliphatic rings. The van der Waals surface area contributed by atoms with Crippen LogP contribution >= 0.6 is 0 Å². The quantitative estimate of drug-likeness (QED) is 0.904. The van der Waals surface area contributed by atoms with Crippen LogP contribution < -0.4 is 10.2 Å². The Bertz CT molecular complexity index is 726. The average molecular weight is 346 g/mol. The van der Waals surface area contributed by atoms with E-state index >= 15 is 0 Å². The number of hydrogen-bond donors (Lipinski definition) is 1. The van der Waals surface area contributed by atoms with Gasteiger partial charge in [0.2, 0.25) is 5.91 Å². The lowest BCUT2D eigenvalue weighted by Crippen LogP contribution is -2.48. The minimum Gasteiger partial charge on any atom is -0.353 e. The summed E-state index contributed by atoms with van der Waals surface area (Å²) < 4.78 is 26.5. The molecule has 2 aromatic rings. The number of aromatic nitrogens is 2. The van der Waals surface area contributed by atoms with Crippen LogP contribution in [0.25, 0.3) is 0 Å². The molecule has 1 fully saturated rings. The smallest absolute Gasteiger partial charge is 0.220 e. The predicted octanol–water partition coefficient (Wildman–Crippen LogP) is 2.47. The molecule has 1 atom stereocenters. The first-order chi connectivity index (χ1) is 12.1. The van der Waals surface area contributed by atoms with Gasteiger partial charge in [0.05, 0.1) is 6.20 Å². The number of amides is 1. The minimum atomic E-state index is -0.614. The molecular weight excluding hydrogens is 326 g/mol. The van der Waals surface area contributed by atoms with Crippen LogP contribution in [0.4, 0.5) is 14.6 Å². The van der Waals surface area contributed by atoms with E-state index in [1.807, 2.05) is 0 Å². The normalized spacial score (nSPS) is 17.4. The highest BCUT2D eigenvalue weighted by Gasteiger charge is 2.22. The molecule has 1 N–H and O–H groups in total. The molecule has 1 unspecified atom stereocenters. The maximum Gasteiger partial charge on any atom is 0.220 e. The zero-order chi connectivity index (χ0) is 17.6. The summed E-state index contributed by atoms with van der Waals surface area (Å²) >= 11 is 0. The van der Waals surface area contributed by atoms with Crippen molar-refractivity contribution in [3.8, 4) is 0 Å². The van der Waals surface area contributed by atoms with Crippen LogP contribution in [0.2, 0.25) is 0 Å². The Hall–Kier alpha value is -2.57. The van der Waals surface area contributed by atoms with Gasteiger partial charge in [0.25, 0.3) is 0 Å². The molecule has 25 heavy (non-hydrogen) atoms. The van der Waals surface area contributed by atoms with Gasteiger partial charge in [-0.3, -0.25) is 9.78 Å². The van der Waals surface area contributed by atoms with Crippen molar-refractivity contribution in [2.24, 2.45) is 0 Å². The van der Waals surface area contributed by atoms with Gasteiger partial charge in [-0.25, -0.2) is 13.8 Å². The molecule has 0 bridgehead atoms. The van der Waals surface area contributed by atoms with E-state index in [4.69, 9.17) is 0 Å². The number of nitrogens with zero attached hydrogens (tertiary/aromatic N) is 3. The van der Waals surface area contributed by atoms with Crippen molar-refractivity contribution < 1.29 is 13.6 Å². The third-order valence-electron chi connectivity index (χ3n) is 4.30. The van der Waals surface area contributed by atoms with Crippen LogP contribution in [0.3, 0.4) is 0 Å². The standard InChI is InChI=1S/C18H20F2N4O/c19-14-5-3-13(16(20)10-14)4-6-18(25)23-15-2-1-9-24(12-15)17-11-21-7-8-22-17/h3,5,7-8,10-11,15H,1-2,4,6,9,12H2,(H,23,25). The van der Waals surface area contributed by atoms with Gasteiger partial charge in [-0.1, -0.05) is 6.07 Å². The molecule has 132 valence electrons. The summed E-state index contributed by atoms with van der Waals surface area (Å²) in [5, 5.41) is 2.99. The monoisotopic (exact) mass is 346 g/mol. The van der Waals surface area contributed by atoms with E-state index in [0.717, 1.165) is 31.3 Å². The Labute approximate surface area is 145 Å². The lowest BCUT2D eigenvalue weighted by atomic mass is 10.0. The van der Waals surface area contributed by atoms with Crippen molar-refractivity contribution in [2.45, 2.75) is 31.7 Å². The molecule has 7 heteroatoms. The first kappa shape index (κ1) is 17.3. The number of hydrogen-bond acceptors (Lipinski definition) is 4. The van der Waals surface area contributed by atoms with Crippen molar-refractivity contribution >= 4 is 11.7 Å². The summed E-state index contributed by atoms with van der Waals surface area (Å²) in [4.78, 5) is 22.6. The van der Waals surface area contributed by atoms with E-state index in [2.05, 4.69) is 20.2 Å². The molecule has 3 rings (SSSR count). The summed E-state index contributed by atoms with van der Waals surface area (Å²) in [7, 11) is 0. The van der Waals surface area contributed by atoms with Crippen LogP contribution in [-0.4, -0.2) is 35.0 Å². The highest BCUT2D eigenvalue weighted by Crippen LogP contribution is 2.17. The number of piperidine rings is 1. The van der Waals surface area contributed by atoms with E-state index < -0.39 is 11.6 Å². The van der Waals surface area contributed by atoms with E-state index in [1.165, 1.54) is 12.1 Å². The molecule has 1 saturated heterocycles. The molecule has 2 heterocycles. The Balaban J connectivity index is 1.50. The number of nitrogens with one attached hydrogen (secondary N) is 1. The van der Waals surface area contributed by atoms with Gasteiger partial charge in [-0.05, 0) is 30.9 Å².